The van der Waals surface area contributed by atoms with Gasteiger partial charge in [0.2, 0.25) is 0 Å². The molecule has 0 aromatic rings. The van der Waals surface area contributed by atoms with E-state index in [0.717, 1.165) is 11.5 Å². The van der Waals surface area contributed by atoms with Crippen molar-refractivity contribution < 1.29 is 20.4 Å². The smallest absolute Gasteiger partial charge is 0.0113 e. The Labute approximate surface area is 157 Å². The summed E-state index contributed by atoms with van der Waals surface area (Å²) in [5.41, 5.74) is 0. The number of unbranched alkanes of at least 4 members (excludes halogenated alkanes) is 6. The monoisotopic (exact) mass is 422 g/mol. The van der Waals surface area contributed by atoms with Crippen molar-refractivity contribution in [1.29, 1.82) is 0 Å². The van der Waals surface area contributed by atoms with E-state index in [4.69, 9.17) is 0 Å². The quantitative estimate of drug-likeness (QED) is 0.168. The van der Waals surface area contributed by atoms with Crippen LogP contribution in [-0.2, 0) is 20.4 Å². The van der Waals surface area contributed by atoms with Crippen LogP contribution in [0.5, 0.6) is 0 Å². The number of hydrogen-bond acceptors (Lipinski definition) is 2. The van der Waals surface area contributed by atoms with Crippen LogP contribution in [0.2, 0.25) is 0 Å². The fourth-order valence-corrected chi connectivity index (χ4v) is 3.09. The summed E-state index contributed by atoms with van der Waals surface area (Å²) in [5.74, 6) is 4.86. The summed E-state index contributed by atoms with van der Waals surface area (Å²) >= 11 is 3.97. The molecule has 0 aromatic carbocycles. The van der Waals surface area contributed by atoms with E-state index in [2.05, 4.69) is 38.8 Å². The van der Waals surface area contributed by atoms with Gasteiger partial charge in [0.1, 0.15) is 0 Å². The van der Waals surface area contributed by atoms with Crippen molar-refractivity contribution in [3.63, 3.8) is 0 Å². The predicted octanol–water partition coefficient (Wildman–Crippen LogP) is 6.97. The predicted molar refractivity (Wildman–Crippen MR) is 103 cm³/mol. The molecule has 0 aliphatic heterocycles. The van der Waals surface area contributed by atoms with Gasteiger partial charge >= 0.3 is 0 Å². The van der Waals surface area contributed by atoms with Crippen LogP contribution >= 0.6 is 23.5 Å². The molecule has 0 saturated heterocycles. The van der Waals surface area contributed by atoms with Crippen LogP contribution in [0, 0.1) is 0 Å². The standard InChI is InChI=1S/C12H26S.C6H10S.Pd/c1-3-5-7-9-11-13-12-10-8-6-4-2;1-3-5-7-6-4-2;/h3-12H2,1-2H3;3-4H,1-2,5-6H2;. The van der Waals surface area contributed by atoms with Gasteiger partial charge in [-0.1, -0.05) is 64.5 Å². The van der Waals surface area contributed by atoms with E-state index in [0.29, 0.717) is 0 Å². The van der Waals surface area contributed by atoms with Crippen molar-refractivity contribution >= 4 is 23.5 Å². The molecule has 0 bridgehead atoms. The van der Waals surface area contributed by atoms with E-state index >= 15 is 0 Å². The zero-order chi connectivity index (χ0) is 15.3. The average Bonchev–Trinajstić information content (AvgIpc) is 2.47. The van der Waals surface area contributed by atoms with Gasteiger partial charge in [0, 0.05) is 31.9 Å². The first-order chi connectivity index (χ1) is 9.83. The third-order valence-corrected chi connectivity index (χ3v) is 4.85. The maximum absolute atomic E-state index is 3.58. The Bertz CT molecular complexity index is 166. The maximum atomic E-state index is 3.58. The number of hydrogen-bond donors (Lipinski definition) is 0. The summed E-state index contributed by atoms with van der Waals surface area (Å²) in [5, 5.41) is 0. The van der Waals surface area contributed by atoms with Crippen molar-refractivity contribution in [1.82, 2.24) is 0 Å². The molecule has 0 atom stereocenters. The van der Waals surface area contributed by atoms with E-state index in [-0.39, 0.29) is 20.4 Å². The van der Waals surface area contributed by atoms with Crippen molar-refractivity contribution in [3.05, 3.63) is 25.3 Å². The van der Waals surface area contributed by atoms with Gasteiger partial charge in [-0.05, 0) is 24.3 Å². The molecule has 21 heavy (non-hydrogen) atoms. The van der Waals surface area contributed by atoms with E-state index in [9.17, 15) is 0 Å². The molecule has 0 rings (SSSR count). The van der Waals surface area contributed by atoms with Crippen molar-refractivity contribution in [2.24, 2.45) is 0 Å². The summed E-state index contributed by atoms with van der Waals surface area (Å²) in [6.07, 6.45) is 15.1. The summed E-state index contributed by atoms with van der Waals surface area (Å²) in [4.78, 5) is 0. The molecule has 0 radical (unpaired) electrons. The fraction of sp³-hybridized carbons (Fsp3) is 0.778. The molecule has 3 heteroatoms. The van der Waals surface area contributed by atoms with Crippen LogP contribution in [0.1, 0.15) is 65.2 Å². The van der Waals surface area contributed by atoms with Crippen molar-refractivity contribution in [3.8, 4) is 0 Å². The van der Waals surface area contributed by atoms with E-state index in [1.807, 2.05) is 23.9 Å². The fourth-order valence-electron chi connectivity index (χ4n) is 1.60. The summed E-state index contributed by atoms with van der Waals surface area (Å²) in [6, 6.07) is 0. The van der Waals surface area contributed by atoms with Gasteiger partial charge in [0.25, 0.3) is 0 Å². The van der Waals surface area contributed by atoms with Crippen LogP contribution < -0.4 is 0 Å². The van der Waals surface area contributed by atoms with Gasteiger partial charge in [0.05, 0.1) is 0 Å². The molecule has 130 valence electrons. The van der Waals surface area contributed by atoms with Crippen LogP contribution in [-0.4, -0.2) is 23.0 Å². The molecule has 0 saturated carbocycles. The topological polar surface area (TPSA) is 0 Å². The zero-order valence-electron chi connectivity index (χ0n) is 14.2. The van der Waals surface area contributed by atoms with Gasteiger partial charge in [0.15, 0.2) is 0 Å². The number of rotatable bonds is 14. The molecular formula is C18H36PdS2. The zero-order valence-corrected chi connectivity index (χ0v) is 17.4. The van der Waals surface area contributed by atoms with Gasteiger partial charge in [-0.2, -0.15) is 23.5 Å². The number of thioether (sulfide) groups is 2. The third-order valence-electron chi connectivity index (χ3n) is 2.76. The Hall–Kier alpha value is 0.842. The first kappa shape index (κ1) is 26.7. The van der Waals surface area contributed by atoms with Gasteiger partial charge < -0.3 is 0 Å². The third kappa shape index (κ3) is 33.6. The van der Waals surface area contributed by atoms with E-state index in [1.165, 1.54) is 62.9 Å². The SMILES string of the molecule is C=CCSCC=C.CCCCCCSCCCCCC.[Pd]. The van der Waals surface area contributed by atoms with Gasteiger partial charge in [-0.25, -0.2) is 0 Å². The Morgan fingerprint density at radius 3 is 1.43 bits per heavy atom. The van der Waals surface area contributed by atoms with Gasteiger partial charge in [-0.3, -0.25) is 0 Å². The Morgan fingerprint density at radius 2 is 1.10 bits per heavy atom. The molecule has 0 amide bonds. The first-order valence-corrected chi connectivity index (χ1v) is 10.5. The Kier molecular flexibility index (Phi) is 36.8. The van der Waals surface area contributed by atoms with Crippen molar-refractivity contribution in [2.75, 3.05) is 23.0 Å². The first-order valence-electron chi connectivity index (χ1n) is 8.20. The van der Waals surface area contributed by atoms with Crippen LogP contribution in [0.3, 0.4) is 0 Å². The Morgan fingerprint density at radius 1 is 0.667 bits per heavy atom. The molecule has 0 nitrogen and oxygen atoms in total. The minimum Gasteiger partial charge on any atom is -0.162 e. The second kappa shape index (κ2) is 28.9. The van der Waals surface area contributed by atoms with E-state index in [1.54, 1.807) is 0 Å². The molecule has 0 heterocycles. The van der Waals surface area contributed by atoms with Crippen LogP contribution in [0.25, 0.3) is 0 Å². The average molecular weight is 423 g/mol. The summed E-state index contributed by atoms with van der Waals surface area (Å²) < 4.78 is 0. The van der Waals surface area contributed by atoms with Crippen LogP contribution in [0.4, 0.5) is 0 Å². The molecular weight excluding hydrogens is 387 g/mol. The second-order valence-corrected chi connectivity index (χ2v) is 7.15. The minimum absolute atomic E-state index is 0. The normalized spacial score (nSPS) is 9.24. The molecule has 0 unspecified atom stereocenters. The van der Waals surface area contributed by atoms with Crippen molar-refractivity contribution in [2.45, 2.75) is 65.2 Å². The van der Waals surface area contributed by atoms with Crippen LogP contribution in [0.15, 0.2) is 25.3 Å². The van der Waals surface area contributed by atoms with E-state index < -0.39 is 0 Å². The molecule has 0 spiro atoms. The molecule has 0 fully saturated rings. The largest absolute Gasteiger partial charge is 0.162 e. The Balaban J connectivity index is -0.000000347. The molecule has 0 aromatic heterocycles. The summed E-state index contributed by atoms with van der Waals surface area (Å²) in [7, 11) is 0. The maximum Gasteiger partial charge on any atom is 0.0113 e. The summed E-state index contributed by atoms with van der Waals surface area (Å²) in [6.45, 7) is 11.7. The minimum atomic E-state index is 0. The molecule has 0 aliphatic carbocycles. The second-order valence-electron chi connectivity index (χ2n) is 4.85. The van der Waals surface area contributed by atoms with Gasteiger partial charge in [-0.15, -0.1) is 13.2 Å². The molecule has 0 aliphatic rings. The molecule has 0 N–H and O–H groups in total.